The van der Waals surface area contributed by atoms with Gasteiger partial charge >= 0.3 is 0 Å². The van der Waals surface area contributed by atoms with Gasteiger partial charge in [0.25, 0.3) is 0 Å². The standard InChI is InChI=1S/C20H18N4O/c1-2-24-13-21-16-9-8-14(12-17(16)24)18-22-19(25-23-18)20(10-11-20)15-6-4-3-5-7-15/h3-9,12-13H,2,10-11H2,1H3. The summed E-state index contributed by atoms with van der Waals surface area (Å²) in [5.41, 5.74) is 4.20. The van der Waals surface area contributed by atoms with Crippen LogP contribution in [0.2, 0.25) is 0 Å². The van der Waals surface area contributed by atoms with Gasteiger partial charge in [0, 0.05) is 12.1 Å². The number of hydrogen-bond acceptors (Lipinski definition) is 4. The lowest BCUT2D eigenvalue weighted by Gasteiger charge is -2.09. The van der Waals surface area contributed by atoms with Gasteiger partial charge in [-0.3, -0.25) is 0 Å². The van der Waals surface area contributed by atoms with E-state index in [4.69, 9.17) is 9.51 Å². The van der Waals surface area contributed by atoms with E-state index < -0.39 is 0 Å². The molecule has 4 aromatic rings. The SMILES string of the molecule is CCn1cnc2ccc(-c3noc(C4(c5ccccc5)CC4)n3)cc21. The summed E-state index contributed by atoms with van der Waals surface area (Å²) >= 11 is 0. The molecule has 2 heterocycles. The molecule has 0 atom stereocenters. The van der Waals surface area contributed by atoms with Crippen molar-refractivity contribution in [2.75, 3.05) is 0 Å². The van der Waals surface area contributed by atoms with Crippen LogP contribution in [-0.4, -0.2) is 19.7 Å². The van der Waals surface area contributed by atoms with Gasteiger partial charge in [-0.1, -0.05) is 35.5 Å². The van der Waals surface area contributed by atoms with E-state index in [1.54, 1.807) is 0 Å². The van der Waals surface area contributed by atoms with Gasteiger partial charge in [0.2, 0.25) is 11.7 Å². The van der Waals surface area contributed by atoms with Gasteiger partial charge in [-0.05, 0) is 43.5 Å². The van der Waals surface area contributed by atoms with E-state index in [0.29, 0.717) is 5.82 Å². The largest absolute Gasteiger partial charge is 0.338 e. The summed E-state index contributed by atoms with van der Waals surface area (Å²) in [7, 11) is 0. The maximum Gasteiger partial charge on any atom is 0.237 e. The van der Waals surface area contributed by atoms with Crippen LogP contribution in [0.3, 0.4) is 0 Å². The zero-order valence-electron chi connectivity index (χ0n) is 14.0. The summed E-state index contributed by atoms with van der Waals surface area (Å²) in [5.74, 6) is 1.36. The second-order valence-corrected chi connectivity index (χ2v) is 6.61. The quantitative estimate of drug-likeness (QED) is 0.563. The molecular formula is C20H18N4O. The fourth-order valence-electron chi connectivity index (χ4n) is 3.49. The molecule has 0 aliphatic heterocycles. The lowest BCUT2D eigenvalue weighted by Crippen LogP contribution is -2.08. The lowest BCUT2D eigenvalue weighted by molar-refractivity contribution is 0.360. The summed E-state index contributed by atoms with van der Waals surface area (Å²) in [6.07, 6.45) is 3.98. The Morgan fingerprint density at radius 2 is 1.96 bits per heavy atom. The molecule has 5 rings (SSSR count). The average molecular weight is 330 g/mol. The Morgan fingerprint density at radius 1 is 1.12 bits per heavy atom. The number of aryl methyl sites for hydroxylation is 1. The molecule has 0 amide bonds. The summed E-state index contributed by atoms with van der Waals surface area (Å²) in [6.45, 7) is 2.99. The zero-order chi connectivity index (χ0) is 16.9. The minimum absolute atomic E-state index is 0.0954. The first-order valence-corrected chi connectivity index (χ1v) is 8.65. The number of imidazole rings is 1. The third kappa shape index (κ3) is 2.19. The predicted octanol–water partition coefficient (Wildman–Crippen LogP) is 4.19. The van der Waals surface area contributed by atoms with Crippen LogP contribution in [0.15, 0.2) is 59.4 Å². The Balaban J connectivity index is 1.55. The molecule has 25 heavy (non-hydrogen) atoms. The predicted molar refractivity (Wildman–Crippen MR) is 95.2 cm³/mol. The van der Waals surface area contributed by atoms with Crippen LogP contribution in [0.5, 0.6) is 0 Å². The van der Waals surface area contributed by atoms with Gasteiger partial charge in [0.05, 0.1) is 22.8 Å². The summed E-state index contributed by atoms with van der Waals surface area (Å²) < 4.78 is 7.78. The van der Waals surface area contributed by atoms with Gasteiger partial charge in [-0.15, -0.1) is 0 Å². The smallest absolute Gasteiger partial charge is 0.237 e. The number of benzene rings is 2. The van der Waals surface area contributed by atoms with E-state index in [-0.39, 0.29) is 5.41 Å². The number of aromatic nitrogens is 4. The Hall–Kier alpha value is -2.95. The van der Waals surface area contributed by atoms with E-state index in [1.165, 1.54) is 5.56 Å². The Bertz CT molecular complexity index is 1040. The van der Waals surface area contributed by atoms with Crippen molar-refractivity contribution in [3.8, 4) is 11.4 Å². The Kier molecular flexibility index (Phi) is 3.04. The second kappa shape index (κ2) is 5.28. The van der Waals surface area contributed by atoms with Crippen molar-refractivity contribution in [2.45, 2.75) is 31.7 Å². The summed E-state index contributed by atoms with van der Waals surface area (Å²) in [5, 5.41) is 4.25. The summed E-state index contributed by atoms with van der Waals surface area (Å²) in [4.78, 5) is 9.15. The van der Waals surface area contributed by atoms with E-state index in [2.05, 4.69) is 52.0 Å². The molecule has 124 valence electrons. The molecule has 1 aliphatic rings. The van der Waals surface area contributed by atoms with E-state index in [1.807, 2.05) is 24.5 Å². The monoisotopic (exact) mass is 330 g/mol. The fraction of sp³-hybridized carbons (Fsp3) is 0.250. The van der Waals surface area contributed by atoms with Crippen molar-refractivity contribution in [1.29, 1.82) is 0 Å². The highest BCUT2D eigenvalue weighted by molar-refractivity contribution is 5.80. The van der Waals surface area contributed by atoms with Gasteiger partial charge in [-0.2, -0.15) is 4.98 Å². The second-order valence-electron chi connectivity index (χ2n) is 6.61. The molecule has 0 bridgehead atoms. The molecule has 5 heteroatoms. The van der Waals surface area contributed by atoms with Crippen LogP contribution >= 0.6 is 0 Å². The average Bonchev–Trinajstić information content (AvgIpc) is 3.15. The summed E-state index contributed by atoms with van der Waals surface area (Å²) in [6, 6.07) is 16.5. The minimum Gasteiger partial charge on any atom is -0.338 e. The van der Waals surface area contributed by atoms with Gasteiger partial charge in [0.15, 0.2) is 0 Å². The molecule has 0 saturated heterocycles. The minimum atomic E-state index is -0.0954. The number of hydrogen-bond donors (Lipinski definition) is 0. The molecule has 0 N–H and O–H groups in total. The zero-order valence-corrected chi connectivity index (χ0v) is 14.0. The first kappa shape index (κ1) is 14.4. The maximum absolute atomic E-state index is 5.67. The van der Waals surface area contributed by atoms with Crippen molar-refractivity contribution < 1.29 is 4.52 Å². The van der Waals surface area contributed by atoms with Crippen molar-refractivity contribution in [3.63, 3.8) is 0 Å². The third-order valence-electron chi connectivity index (χ3n) is 5.13. The highest BCUT2D eigenvalue weighted by atomic mass is 16.5. The van der Waals surface area contributed by atoms with Crippen LogP contribution in [0.1, 0.15) is 31.2 Å². The molecule has 2 aromatic heterocycles. The van der Waals surface area contributed by atoms with Crippen LogP contribution < -0.4 is 0 Å². The normalized spacial score (nSPS) is 15.6. The van der Waals surface area contributed by atoms with Crippen LogP contribution in [0, 0.1) is 0 Å². The lowest BCUT2D eigenvalue weighted by atomic mass is 9.96. The first-order chi connectivity index (χ1) is 12.3. The molecule has 0 spiro atoms. The van der Waals surface area contributed by atoms with Crippen LogP contribution in [0.4, 0.5) is 0 Å². The number of rotatable bonds is 4. The van der Waals surface area contributed by atoms with Gasteiger partial charge in [0.1, 0.15) is 0 Å². The molecule has 1 saturated carbocycles. The Labute approximate surface area is 145 Å². The molecule has 1 fully saturated rings. The molecule has 5 nitrogen and oxygen atoms in total. The number of nitrogens with zero attached hydrogens (tertiary/aromatic N) is 4. The Morgan fingerprint density at radius 3 is 2.72 bits per heavy atom. The highest BCUT2D eigenvalue weighted by Gasteiger charge is 2.50. The van der Waals surface area contributed by atoms with Crippen molar-refractivity contribution in [3.05, 3.63) is 66.3 Å². The van der Waals surface area contributed by atoms with Crippen LogP contribution in [0.25, 0.3) is 22.4 Å². The van der Waals surface area contributed by atoms with Gasteiger partial charge in [-0.25, -0.2) is 4.98 Å². The number of fused-ring (bicyclic) bond motifs is 1. The van der Waals surface area contributed by atoms with Crippen molar-refractivity contribution >= 4 is 11.0 Å². The molecule has 1 aliphatic carbocycles. The fourth-order valence-corrected chi connectivity index (χ4v) is 3.49. The molecular weight excluding hydrogens is 312 g/mol. The van der Waals surface area contributed by atoms with E-state index in [9.17, 15) is 0 Å². The van der Waals surface area contributed by atoms with Gasteiger partial charge < -0.3 is 9.09 Å². The van der Waals surface area contributed by atoms with Crippen molar-refractivity contribution in [1.82, 2.24) is 19.7 Å². The topological polar surface area (TPSA) is 56.7 Å². The molecule has 2 aromatic carbocycles. The van der Waals surface area contributed by atoms with Crippen LogP contribution in [-0.2, 0) is 12.0 Å². The highest BCUT2D eigenvalue weighted by Crippen LogP contribution is 2.52. The van der Waals surface area contributed by atoms with E-state index >= 15 is 0 Å². The van der Waals surface area contributed by atoms with E-state index in [0.717, 1.165) is 41.9 Å². The maximum atomic E-state index is 5.67. The third-order valence-corrected chi connectivity index (χ3v) is 5.13. The molecule has 0 unspecified atom stereocenters. The molecule has 0 radical (unpaired) electrons. The first-order valence-electron chi connectivity index (χ1n) is 8.65. The van der Waals surface area contributed by atoms with Crippen molar-refractivity contribution in [2.24, 2.45) is 0 Å².